The molecule has 2 N–H and O–H groups in total. The van der Waals surface area contributed by atoms with Gasteiger partial charge in [0.15, 0.2) is 6.23 Å². The van der Waals surface area contributed by atoms with Gasteiger partial charge >= 0.3 is 0 Å². The SMILES string of the molecule is OC(NCc1cc2ccc(Cl)cc2s1)c1cn(Cc2cn3cc(C4CC4)ccc3n2)nn1. The summed E-state index contributed by atoms with van der Waals surface area (Å²) in [5, 5.41) is 23.8. The number of benzene rings is 1. The van der Waals surface area contributed by atoms with Crippen LogP contribution >= 0.6 is 22.9 Å². The van der Waals surface area contributed by atoms with Crippen molar-refractivity contribution in [2.24, 2.45) is 0 Å². The van der Waals surface area contributed by atoms with Gasteiger partial charge in [0.2, 0.25) is 0 Å². The lowest BCUT2D eigenvalue weighted by Gasteiger charge is -2.08. The van der Waals surface area contributed by atoms with Gasteiger partial charge < -0.3 is 9.51 Å². The van der Waals surface area contributed by atoms with Crippen molar-refractivity contribution in [3.8, 4) is 0 Å². The van der Waals surface area contributed by atoms with Gasteiger partial charge in [-0.25, -0.2) is 9.67 Å². The molecule has 0 amide bonds. The molecule has 0 aliphatic heterocycles. The van der Waals surface area contributed by atoms with E-state index >= 15 is 0 Å². The third kappa shape index (κ3) is 4.02. The maximum Gasteiger partial charge on any atom is 0.151 e. The first-order chi connectivity index (χ1) is 15.6. The predicted octanol–water partition coefficient (Wildman–Crippen LogP) is 4.50. The molecule has 4 aromatic heterocycles. The first-order valence-corrected chi connectivity index (χ1v) is 11.8. The monoisotopic (exact) mass is 464 g/mol. The quantitative estimate of drug-likeness (QED) is 0.347. The fraction of sp³-hybridized carbons (Fsp3) is 0.261. The molecule has 162 valence electrons. The molecule has 32 heavy (non-hydrogen) atoms. The number of imidazole rings is 1. The zero-order valence-electron chi connectivity index (χ0n) is 17.1. The number of pyridine rings is 1. The van der Waals surface area contributed by atoms with Crippen molar-refractivity contribution in [1.82, 2.24) is 29.7 Å². The number of rotatable bonds is 7. The largest absolute Gasteiger partial charge is 0.373 e. The molecule has 9 heteroatoms. The van der Waals surface area contributed by atoms with E-state index in [0.29, 0.717) is 24.7 Å². The van der Waals surface area contributed by atoms with Crippen LogP contribution in [0, 0.1) is 0 Å². The molecule has 1 aromatic carbocycles. The normalized spacial score (nSPS) is 15.1. The lowest BCUT2D eigenvalue weighted by atomic mass is 10.2. The highest BCUT2D eigenvalue weighted by Crippen LogP contribution is 2.39. The minimum atomic E-state index is -0.903. The van der Waals surface area contributed by atoms with Crippen molar-refractivity contribution >= 4 is 38.7 Å². The molecule has 7 nitrogen and oxygen atoms in total. The van der Waals surface area contributed by atoms with Crippen LogP contribution in [0.4, 0.5) is 0 Å². The topological polar surface area (TPSA) is 80.3 Å². The first-order valence-electron chi connectivity index (χ1n) is 10.6. The molecule has 4 heterocycles. The van der Waals surface area contributed by atoms with Crippen LogP contribution in [0.3, 0.4) is 0 Å². The van der Waals surface area contributed by atoms with E-state index in [4.69, 9.17) is 11.6 Å². The smallest absolute Gasteiger partial charge is 0.151 e. The molecule has 1 aliphatic rings. The molecule has 1 aliphatic carbocycles. The van der Waals surface area contributed by atoms with Crippen molar-refractivity contribution in [3.05, 3.63) is 81.8 Å². The predicted molar refractivity (Wildman–Crippen MR) is 125 cm³/mol. The average molecular weight is 465 g/mol. The Labute approximate surface area is 193 Å². The van der Waals surface area contributed by atoms with Crippen molar-refractivity contribution in [1.29, 1.82) is 0 Å². The third-order valence-electron chi connectivity index (χ3n) is 5.74. The summed E-state index contributed by atoms with van der Waals surface area (Å²) in [6.07, 6.45) is 7.61. The van der Waals surface area contributed by atoms with Gasteiger partial charge in [-0.1, -0.05) is 28.9 Å². The van der Waals surface area contributed by atoms with E-state index < -0.39 is 6.23 Å². The number of nitrogens with zero attached hydrogens (tertiary/aromatic N) is 5. The molecule has 1 fully saturated rings. The van der Waals surface area contributed by atoms with E-state index in [1.807, 2.05) is 24.4 Å². The number of aromatic nitrogens is 5. The second-order valence-corrected chi connectivity index (χ2v) is 9.86. The maximum absolute atomic E-state index is 10.5. The number of fused-ring (bicyclic) bond motifs is 2. The van der Waals surface area contributed by atoms with Crippen molar-refractivity contribution in [2.45, 2.75) is 38.1 Å². The van der Waals surface area contributed by atoms with Gasteiger partial charge in [0.05, 0.1) is 18.4 Å². The number of aliphatic hydroxyl groups is 1. The van der Waals surface area contributed by atoms with Crippen LogP contribution in [0.25, 0.3) is 15.7 Å². The van der Waals surface area contributed by atoms with Gasteiger partial charge in [-0.2, -0.15) is 0 Å². The molecule has 1 saturated carbocycles. The van der Waals surface area contributed by atoms with Gasteiger partial charge in [-0.3, -0.25) is 5.32 Å². The summed E-state index contributed by atoms with van der Waals surface area (Å²) in [6.45, 7) is 1.03. The molecule has 5 aromatic rings. The van der Waals surface area contributed by atoms with Gasteiger partial charge in [0.1, 0.15) is 11.3 Å². The fourth-order valence-electron chi connectivity index (χ4n) is 3.93. The summed E-state index contributed by atoms with van der Waals surface area (Å²) in [5.74, 6) is 0.711. The molecule has 0 bridgehead atoms. The van der Waals surface area contributed by atoms with Crippen LogP contribution < -0.4 is 5.32 Å². The van der Waals surface area contributed by atoms with Crippen molar-refractivity contribution in [3.63, 3.8) is 0 Å². The minimum Gasteiger partial charge on any atom is -0.373 e. The first kappa shape index (κ1) is 19.9. The Balaban J connectivity index is 1.11. The molecule has 0 saturated heterocycles. The lowest BCUT2D eigenvalue weighted by molar-refractivity contribution is 0.133. The van der Waals surface area contributed by atoms with Gasteiger partial charge in [-0.05, 0) is 54.0 Å². The number of thiophene rings is 1. The van der Waals surface area contributed by atoms with E-state index in [1.165, 1.54) is 18.4 Å². The molecular weight excluding hydrogens is 444 g/mol. The van der Waals surface area contributed by atoms with Crippen LogP contribution in [-0.4, -0.2) is 29.5 Å². The van der Waals surface area contributed by atoms with Crippen LogP contribution in [-0.2, 0) is 13.1 Å². The number of aliphatic hydroxyl groups excluding tert-OH is 1. The summed E-state index contributed by atoms with van der Waals surface area (Å²) in [4.78, 5) is 5.79. The zero-order chi connectivity index (χ0) is 21.7. The third-order valence-corrected chi connectivity index (χ3v) is 7.07. The summed E-state index contributed by atoms with van der Waals surface area (Å²) in [5.41, 5.74) is 3.69. The lowest BCUT2D eigenvalue weighted by Crippen LogP contribution is -2.20. The highest BCUT2D eigenvalue weighted by atomic mass is 35.5. The molecule has 0 spiro atoms. The van der Waals surface area contributed by atoms with Gasteiger partial charge in [0.25, 0.3) is 0 Å². The Bertz CT molecular complexity index is 1420. The van der Waals surface area contributed by atoms with E-state index in [1.54, 1.807) is 22.2 Å². The summed E-state index contributed by atoms with van der Waals surface area (Å²) < 4.78 is 4.91. The van der Waals surface area contributed by atoms with Gasteiger partial charge in [-0.15, -0.1) is 16.4 Å². The standard InChI is InChI=1S/C23H21ClN6OS/c24-17-5-3-15-7-19(32-21(15)8-17)9-25-23(31)20-13-30(28-27-20)12-18-11-29-10-16(14-1-2-14)4-6-22(29)26-18/h3-8,10-11,13-14,23,25,31H,1-2,9,12H2. The number of halogens is 1. The van der Waals surface area contributed by atoms with E-state index in [2.05, 4.69) is 49.4 Å². The number of nitrogens with one attached hydrogen (secondary N) is 1. The molecular formula is C23H21ClN6OS. The van der Waals surface area contributed by atoms with E-state index in [0.717, 1.165) is 31.3 Å². The summed E-state index contributed by atoms with van der Waals surface area (Å²) in [7, 11) is 0. The van der Waals surface area contributed by atoms with Crippen molar-refractivity contribution < 1.29 is 5.11 Å². The molecule has 0 radical (unpaired) electrons. The zero-order valence-corrected chi connectivity index (χ0v) is 18.7. The van der Waals surface area contributed by atoms with Crippen LogP contribution in [0.1, 0.15) is 46.8 Å². The average Bonchev–Trinajstić information content (AvgIpc) is 3.20. The van der Waals surface area contributed by atoms with E-state index in [-0.39, 0.29) is 0 Å². The Hall–Kier alpha value is -2.78. The second kappa shape index (κ2) is 7.97. The Morgan fingerprint density at radius 3 is 2.94 bits per heavy atom. The molecule has 6 rings (SSSR count). The number of hydrogen-bond donors (Lipinski definition) is 2. The summed E-state index contributed by atoms with van der Waals surface area (Å²) >= 11 is 7.72. The molecule has 1 unspecified atom stereocenters. The molecule has 1 atom stereocenters. The van der Waals surface area contributed by atoms with E-state index in [9.17, 15) is 5.11 Å². The highest BCUT2D eigenvalue weighted by molar-refractivity contribution is 7.19. The Morgan fingerprint density at radius 1 is 1.16 bits per heavy atom. The number of hydrogen-bond acceptors (Lipinski definition) is 6. The van der Waals surface area contributed by atoms with Crippen molar-refractivity contribution in [2.75, 3.05) is 0 Å². The van der Waals surface area contributed by atoms with Crippen LogP contribution in [0.15, 0.2) is 55.0 Å². The van der Waals surface area contributed by atoms with Gasteiger partial charge in [0, 0.05) is 33.5 Å². The maximum atomic E-state index is 10.5. The minimum absolute atomic E-state index is 0.480. The second-order valence-electron chi connectivity index (χ2n) is 8.25. The summed E-state index contributed by atoms with van der Waals surface area (Å²) in [6, 6.07) is 12.2. The Kier molecular flexibility index (Phi) is 4.95. The fourth-order valence-corrected chi connectivity index (χ4v) is 5.22. The van der Waals surface area contributed by atoms with Crippen LogP contribution in [0.2, 0.25) is 5.02 Å². The Morgan fingerprint density at radius 2 is 2.06 bits per heavy atom. The van der Waals surface area contributed by atoms with Crippen LogP contribution in [0.5, 0.6) is 0 Å². The highest BCUT2D eigenvalue weighted by Gasteiger charge is 2.23.